The number of hydrogen-bond donors (Lipinski definition) is 0. The van der Waals surface area contributed by atoms with E-state index >= 15 is 0 Å². The van der Waals surface area contributed by atoms with Crippen LogP contribution in [-0.2, 0) is 0 Å². The first-order valence-corrected chi connectivity index (χ1v) is 19.7. The molecule has 0 fully saturated rings. The van der Waals surface area contributed by atoms with Crippen LogP contribution >= 0.6 is 0 Å². The van der Waals surface area contributed by atoms with Crippen LogP contribution < -0.4 is 4.90 Å². The highest BCUT2D eigenvalue weighted by Crippen LogP contribution is 2.44. The fourth-order valence-electron chi connectivity index (χ4n) is 8.81. The van der Waals surface area contributed by atoms with E-state index in [1.165, 1.54) is 87.2 Å². The third-order valence-electron chi connectivity index (χ3n) is 11.6. The molecule has 11 aromatic carbocycles. The van der Waals surface area contributed by atoms with E-state index in [2.05, 4.69) is 229 Å². The van der Waals surface area contributed by atoms with Crippen molar-refractivity contribution in [2.45, 2.75) is 0 Å². The standard InChI is InChI=1S/C56H37N/c1-2-12-38(13-3-1)44-18-10-20-49(35-44)57(50-21-11-19-45(36-50)46-26-24-39-14-4-5-17-43(39)34-46)48-31-28-42(29-32-48)54-37-47-27-25-40-15-6-8-22-51(40)55(47)56-52-23-9-7-16-41(52)30-33-53(54)56/h1-37H. The monoisotopic (exact) mass is 723 g/mol. The number of rotatable bonds is 6. The molecule has 57 heavy (non-hydrogen) atoms. The summed E-state index contributed by atoms with van der Waals surface area (Å²) in [5.41, 5.74) is 10.5. The molecule has 1 nitrogen and oxygen atoms in total. The zero-order valence-electron chi connectivity index (χ0n) is 31.3. The summed E-state index contributed by atoms with van der Waals surface area (Å²) in [6.07, 6.45) is 0. The highest BCUT2D eigenvalue weighted by Gasteiger charge is 2.17. The van der Waals surface area contributed by atoms with E-state index in [1.807, 2.05) is 0 Å². The molecule has 0 unspecified atom stereocenters. The van der Waals surface area contributed by atoms with Gasteiger partial charge in [0.25, 0.3) is 0 Å². The molecule has 0 N–H and O–H groups in total. The lowest BCUT2D eigenvalue weighted by atomic mass is 9.88. The molecule has 0 bridgehead atoms. The Morgan fingerprint density at radius 3 is 1.46 bits per heavy atom. The molecule has 0 aliphatic carbocycles. The number of hydrogen-bond acceptors (Lipinski definition) is 1. The summed E-state index contributed by atoms with van der Waals surface area (Å²) in [5, 5.41) is 12.7. The predicted molar refractivity (Wildman–Crippen MR) is 245 cm³/mol. The van der Waals surface area contributed by atoms with E-state index in [0.29, 0.717) is 0 Å². The molecule has 0 atom stereocenters. The largest absolute Gasteiger partial charge is 0.310 e. The van der Waals surface area contributed by atoms with Crippen LogP contribution in [0.4, 0.5) is 17.1 Å². The van der Waals surface area contributed by atoms with Gasteiger partial charge in [0, 0.05) is 17.1 Å². The second-order valence-corrected chi connectivity index (χ2v) is 14.9. The second kappa shape index (κ2) is 13.7. The second-order valence-electron chi connectivity index (χ2n) is 14.9. The van der Waals surface area contributed by atoms with Crippen LogP contribution in [0.3, 0.4) is 0 Å². The average molecular weight is 724 g/mol. The first-order valence-electron chi connectivity index (χ1n) is 19.7. The van der Waals surface area contributed by atoms with Gasteiger partial charge in [0.2, 0.25) is 0 Å². The van der Waals surface area contributed by atoms with Gasteiger partial charge in [0.15, 0.2) is 0 Å². The average Bonchev–Trinajstić information content (AvgIpc) is 3.29. The number of anilines is 3. The van der Waals surface area contributed by atoms with Crippen LogP contribution in [0.5, 0.6) is 0 Å². The summed E-state index contributed by atoms with van der Waals surface area (Å²) >= 11 is 0. The van der Waals surface area contributed by atoms with Crippen molar-refractivity contribution in [1.82, 2.24) is 0 Å². The molecular weight excluding hydrogens is 687 g/mol. The van der Waals surface area contributed by atoms with Crippen molar-refractivity contribution in [1.29, 1.82) is 0 Å². The van der Waals surface area contributed by atoms with Gasteiger partial charge in [-0.1, -0.05) is 176 Å². The molecule has 0 heterocycles. The third kappa shape index (κ3) is 5.80. The van der Waals surface area contributed by atoms with Crippen molar-refractivity contribution < 1.29 is 0 Å². The fraction of sp³-hybridized carbons (Fsp3) is 0. The van der Waals surface area contributed by atoms with E-state index in [9.17, 15) is 0 Å². The van der Waals surface area contributed by atoms with Crippen molar-refractivity contribution in [3.05, 3.63) is 224 Å². The Morgan fingerprint density at radius 1 is 0.228 bits per heavy atom. The summed E-state index contributed by atoms with van der Waals surface area (Å²) in [5.74, 6) is 0. The van der Waals surface area contributed by atoms with Gasteiger partial charge in [0.1, 0.15) is 0 Å². The smallest absolute Gasteiger partial charge is 0.0467 e. The topological polar surface area (TPSA) is 3.24 Å². The van der Waals surface area contributed by atoms with Crippen LogP contribution in [0.15, 0.2) is 224 Å². The third-order valence-corrected chi connectivity index (χ3v) is 11.6. The van der Waals surface area contributed by atoms with Crippen molar-refractivity contribution in [2.75, 3.05) is 4.90 Å². The Bertz CT molecular complexity index is 3290. The molecule has 0 amide bonds. The summed E-state index contributed by atoms with van der Waals surface area (Å²) in [6.45, 7) is 0. The Balaban J connectivity index is 1.08. The maximum atomic E-state index is 2.39. The number of benzene rings is 11. The Morgan fingerprint density at radius 2 is 0.737 bits per heavy atom. The molecule has 0 aromatic heterocycles. The number of nitrogens with zero attached hydrogens (tertiary/aromatic N) is 1. The Labute approximate surface area is 332 Å². The minimum absolute atomic E-state index is 1.10. The maximum Gasteiger partial charge on any atom is 0.0467 e. The van der Waals surface area contributed by atoms with Gasteiger partial charge < -0.3 is 4.90 Å². The van der Waals surface area contributed by atoms with E-state index < -0.39 is 0 Å². The molecule has 0 saturated heterocycles. The normalized spacial score (nSPS) is 11.5. The molecule has 266 valence electrons. The molecule has 0 saturated carbocycles. The predicted octanol–water partition coefficient (Wildman–Crippen LogP) is 15.9. The van der Waals surface area contributed by atoms with Gasteiger partial charge in [0.05, 0.1) is 0 Å². The lowest BCUT2D eigenvalue weighted by Gasteiger charge is -2.27. The van der Waals surface area contributed by atoms with Gasteiger partial charge in [-0.25, -0.2) is 0 Å². The van der Waals surface area contributed by atoms with Crippen molar-refractivity contribution in [3.8, 4) is 33.4 Å². The number of fused-ring (bicyclic) bond motifs is 8. The minimum atomic E-state index is 1.10. The molecular formula is C56H37N. The zero-order chi connectivity index (χ0) is 37.7. The van der Waals surface area contributed by atoms with Gasteiger partial charge in [-0.05, 0) is 136 Å². The Hall–Kier alpha value is -7.48. The van der Waals surface area contributed by atoms with E-state index in [1.54, 1.807) is 0 Å². The SMILES string of the molecule is c1ccc(-c2cccc(N(c3ccc(-c4cc5ccc6ccccc6c5c5c4ccc4ccccc45)cc3)c3cccc(-c4ccc5ccccc5c4)c3)c2)cc1. The highest BCUT2D eigenvalue weighted by molar-refractivity contribution is 6.30. The summed E-state index contributed by atoms with van der Waals surface area (Å²) < 4.78 is 0. The molecule has 0 spiro atoms. The van der Waals surface area contributed by atoms with Crippen molar-refractivity contribution in [2.24, 2.45) is 0 Å². The molecule has 0 radical (unpaired) electrons. The molecule has 0 aliphatic heterocycles. The summed E-state index contributed by atoms with van der Waals surface area (Å²) in [4.78, 5) is 2.39. The fourth-order valence-corrected chi connectivity index (χ4v) is 8.81. The van der Waals surface area contributed by atoms with Gasteiger partial charge in [-0.3, -0.25) is 0 Å². The molecule has 11 rings (SSSR count). The van der Waals surface area contributed by atoms with Gasteiger partial charge >= 0.3 is 0 Å². The minimum Gasteiger partial charge on any atom is -0.310 e. The van der Waals surface area contributed by atoms with Crippen LogP contribution in [-0.4, -0.2) is 0 Å². The van der Waals surface area contributed by atoms with E-state index in [4.69, 9.17) is 0 Å². The molecule has 11 aromatic rings. The van der Waals surface area contributed by atoms with Crippen LogP contribution in [0, 0.1) is 0 Å². The quantitative estimate of drug-likeness (QED) is 0.154. The van der Waals surface area contributed by atoms with E-state index in [-0.39, 0.29) is 0 Å². The summed E-state index contributed by atoms with van der Waals surface area (Å²) in [7, 11) is 0. The van der Waals surface area contributed by atoms with Gasteiger partial charge in [-0.2, -0.15) is 0 Å². The zero-order valence-corrected chi connectivity index (χ0v) is 31.3. The molecule has 0 aliphatic rings. The lowest BCUT2D eigenvalue weighted by Crippen LogP contribution is -2.10. The van der Waals surface area contributed by atoms with Crippen LogP contribution in [0.25, 0.3) is 87.2 Å². The Kier molecular flexibility index (Phi) is 7.89. The van der Waals surface area contributed by atoms with E-state index in [0.717, 1.165) is 17.1 Å². The highest BCUT2D eigenvalue weighted by atomic mass is 15.1. The van der Waals surface area contributed by atoms with Crippen LogP contribution in [0.2, 0.25) is 0 Å². The van der Waals surface area contributed by atoms with Crippen molar-refractivity contribution >= 4 is 70.9 Å². The van der Waals surface area contributed by atoms with Crippen molar-refractivity contribution in [3.63, 3.8) is 0 Å². The summed E-state index contributed by atoms with van der Waals surface area (Å²) in [6, 6.07) is 82.1. The van der Waals surface area contributed by atoms with Crippen LogP contribution in [0.1, 0.15) is 0 Å². The molecule has 1 heteroatoms. The van der Waals surface area contributed by atoms with Gasteiger partial charge in [-0.15, -0.1) is 0 Å². The first kappa shape index (κ1) is 32.9. The first-order chi connectivity index (χ1) is 28.2. The lowest BCUT2D eigenvalue weighted by molar-refractivity contribution is 1.28. The maximum absolute atomic E-state index is 2.39.